The Balaban J connectivity index is 1.73. The van der Waals surface area contributed by atoms with Crippen molar-refractivity contribution in [2.24, 2.45) is 0 Å². The van der Waals surface area contributed by atoms with Crippen LogP contribution in [0, 0.1) is 6.92 Å². The van der Waals surface area contributed by atoms with Crippen molar-refractivity contribution >= 4 is 17.2 Å². The van der Waals surface area contributed by atoms with Gasteiger partial charge in [-0.2, -0.15) is 0 Å². The van der Waals surface area contributed by atoms with Crippen molar-refractivity contribution in [3.8, 4) is 22.1 Å². The van der Waals surface area contributed by atoms with Crippen LogP contribution in [0.2, 0.25) is 0 Å². The SMILES string of the molecule is COc1ccc(-c2nc(C(=O)NCc3ccccc3C)cs2)cc1OC. The maximum absolute atomic E-state index is 12.4. The molecular weight excluding hydrogens is 348 g/mol. The van der Waals surface area contributed by atoms with Crippen LogP contribution in [0.3, 0.4) is 0 Å². The monoisotopic (exact) mass is 368 g/mol. The summed E-state index contributed by atoms with van der Waals surface area (Å²) < 4.78 is 10.6. The van der Waals surface area contributed by atoms with Gasteiger partial charge in [-0.3, -0.25) is 4.79 Å². The van der Waals surface area contributed by atoms with Crippen molar-refractivity contribution in [2.45, 2.75) is 13.5 Å². The van der Waals surface area contributed by atoms with Gasteiger partial charge in [0.1, 0.15) is 10.7 Å². The minimum Gasteiger partial charge on any atom is -0.493 e. The van der Waals surface area contributed by atoms with Gasteiger partial charge in [0.05, 0.1) is 14.2 Å². The van der Waals surface area contributed by atoms with Gasteiger partial charge in [0, 0.05) is 17.5 Å². The fraction of sp³-hybridized carbons (Fsp3) is 0.200. The molecule has 1 heterocycles. The molecule has 134 valence electrons. The van der Waals surface area contributed by atoms with E-state index in [0.717, 1.165) is 21.7 Å². The van der Waals surface area contributed by atoms with Crippen LogP contribution in [0.1, 0.15) is 21.6 Å². The van der Waals surface area contributed by atoms with E-state index in [2.05, 4.69) is 10.3 Å². The highest BCUT2D eigenvalue weighted by molar-refractivity contribution is 7.13. The molecule has 3 aromatic rings. The lowest BCUT2D eigenvalue weighted by Crippen LogP contribution is -2.23. The summed E-state index contributed by atoms with van der Waals surface area (Å²) in [6, 6.07) is 13.6. The van der Waals surface area contributed by atoms with E-state index < -0.39 is 0 Å². The van der Waals surface area contributed by atoms with Gasteiger partial charge < -0.3 is 14.8 Å². The molecule has 0 aliphatic carbocycles. The molecular formula is C20H20N2O3S. The van der Waals surface area contributed by atoms with Crippen molar-refractivity contribution in [3.63, 3.8) is 0 Å². The third kappa shape index (κ3) is 3.86. The summed E-state index contributed by atoms with van der Waals surface area (Å²) in [5.74, 6) is 1.10. The maximum atomic E-state index is 12.4. The van der Waals surface area contributed by atoms with Gasteiger partial charge in [0.2, 0.25) is 0 Å². The smallest absolute Gasteiger partial charge is 0.271 e. The zero-order valence-electron chi connectivity index (χ0n) is 14.9. The number of nitrogens with one attached hydrogen (secondary N) is 1. The van der Waals surface area contributed by atoms with Gasteiger partial charge in [-0.1, -0.05) is 24.3 Å². The molecule has 0 spiro atoms. The molecule has 0 radical (unpaired) electrons. The highest BCUT2D eigenvalue weighted by Crippen LogP contribution is 2.33. The van der Waals surface area contributed by atoms with Crippen LogP contribution < -0.4 is 14.8 Å². The molecule has 3 rings (SSSR count). The van der Waals surface area contributed by atoms with Crippen molar-refractivity contribution in [1.29, 1.82) is 0 Å². The standard InChI is InChI=1S/C20H20N2O3S/c1-13-6-4-5-7-15(13)11-21-19(23)16-12-26-20(22-16)14-8-9-17(24-2)18(10-14)25-3/h4-10,12H,11H2,1-3H3,(H,21,23). The number of methoxy groups -OCH3 is 2. The van der Waals surface area contributed by atoms with E-state index in [0.29, 0.717) is 23.7 Å². The largest absolute Gasteiger partial charge is 0.493 e. The van der Waals surface area contributed by atoms with Crippen molar-refractivity contribution < 1.29 is 14.3 Å². The summed E-state index contributed by atoms with van der Waals surface area (Å²) in [6.45, 7) is 2.51. The highest BCUT2D eigenvalue weighted by atomic mass is 32.1. The number of benzene rings is 2. The number of aryl methyl sites for hydroxylation is 1. The Bertz CT molecular complexity index is 921. The number of hydrogen-bond donors (Lipinski definition) is 1. The van der Waals surface area contributed by atoms with E-state index in [1.165, 1.54) is 11.3 Å². The van der Waals surface area contributed by atoms with Gasteiger partial charge >= 0.3 is 0 Å². The summed E-state index contributed by atoms with van der Waals surface area (Å²) in [4.78, 5) is 16.8. The Morgan fingerprint density at radius 1 is 1.12 bits per heavy atom. The van der Waals surface area contributed by atoms with E-state index in [-0.39, 0.29) is 5.91 Å². The normalized spacial score (nSPS) is 10.4. The number of carbonyl (C=O) groups is 1. The number of ether oxygens (including phenoxy) is 2. The molecule has 5 nitrogen and oxygen atoms in total. The number of nitrogens with zero attached hydrogens (tertiary/aromatic N) is 1. The van der Waals surface area contributed by atoms with Crippen molar-refractivity contribution in [3.05, 3.63) is 64.7 Å². The Kier molecular flexibility index (Phi) is 5.53. The third-order valence-corrected chi connectivity index (χ3v) is 4.96. The molecule has 1 amide bonds. The summed E-state index contributed by atoms with van der Waals surface area (Å²) >= 11 is 1.42. The van der Waals surface area contributed by atoms with E-state index in [1.54, 1.807) is 19.6 Å². The number of carbonyl (C=O) groups excluding carboxylic acids is 1. The van der Waals surface area contributed by atoms with Crippen LogP contribution in [-0.4, -0.2) is 25.1 Å². The molecule has 2 aromatic carbocycles. The van der Waals surface area contributed by atoms with Crippen LogP contribution in [0.4, 0.5) is 0 Å². The second kappa shape index (κ2) is 8.01. The van der Waals surface area contributed by atoms with Crippen molar-refractivity contribution in [2.75, 3.05) is 14.2 Å². The first kappa shape index (κ1) is 17.9. The first-order valence-corrected chi connectivity index (χ1v) is 9.01. The van der Waals surface area contributed by atoms with E-state index in [4.69, 9.17) is 9.47 Å². The molecule has 26 heavy (non-hydrogen) atoms. The summed E-state index contributed by atoms with van der Waals surface area (Å²) in [7, 11) is 3.19. The first-order valence-electron chi connectivity index (χ1n) is 8.13. The highest BCUT2D eigenvalue weighted by Gasteiger charge is 2.14. The average Bonchev–Trinajstić information content (AvgIpc) is 3.17. The third-order valence-electron chi connectivity index (χ3n) is 4.07. The predicted molar refractivity (Wildman–Crippen MR) is 103 cm³/mol. The van der Waals surface area contributed by atoms with E-state index >= 15 is 0 Å². The zero-order valence-corrected chi connectivity index (χ0v) is 15.7. The molecule has 0 unspecified atom stereocenters. The topological polar surface area (TPSA) is 60.5 Å². The Labute approximate surface area is 156 Å². The van der Waals surface area contributed by atoms with Crippen molar-refractivity contribution in [1.82, 2.24) is 10.3 Å². The molecule has 0 saturated carbocycles. The summed E-state index contributed by atoms with van der Waals surface area (Å²) in [5.41, 5.74) is 3.53. The first-order chi connectivity index (χ1) is 12.6. The molecule has 0 fully saturated rings. The lowest BCUT2D eigenvalue weighted by Gasteiger charge is -2.08. The van der Waals surface area contributed by atoms with Crippen LogP contribution >= 0.6 is 11.3 Å². The van der Waals surface area contributed by atoms with Gasteiger partial charge in [-0.25, -0.2) is 4.98 Å². The van der Waals surface area contributed by atoms with Crippen LogP contribution in [0.25, 0.3) is 10.6 Å². The van der Waals surface area contributed by atoms with E-state index in [1.807, 2.05) is 49.4 Å². The molecule has 0 aliphatic rings. The Morgan fingerprint density at radius 3 is 2.62 bits per heavy atom. The fourth-order valence-electron chi connectivity index (χ4n) is 2.55. The molecule has 6 heteroatoms. The molecule has 1 aromatic heterocycles. The lowest BCUT2D eigenvalue weighted by molar-refractivity contribution is 0.0946. The van der Waals surface area contributed by atoms with Crippen LogP contribution in [0.15, 0.2) is 47.8 Å². The van der Waals surface area contributed by atoms with Gasteiger partial charge in [-0.05, 0) is 36.2 Å². The Morgan fingerprint density at radius 2 is 1.88 bits per heavy atom. The fourth-order valence-corrected chi connectivity index (χ4v) is 3.35. The molecule has 0 aliphatic heterocycles. The molecule has 0 bridgehead atoms. The molecule has 1 N–H and O–H groups in total. The second-order valence-electron chi connectivity index (χ2n) is 5.72. The van der Waals surface area contributed by atoms with Crippen LogP contribution in [0.5, 0.6) is 11.5 Å². The quantitative estimate of drug-likeness (QED) is 0.713. The average molecular weight is 368 g/mol. The molecule has 0 saturated heterocycles. The van der Waals surface area contributed by atoms with E-state index in [9.17, 15) is 4.79 Å². The van der Waals surface area contributed by atoms with Crippen LogP contribution in [-0.2, 0) is 6.54 Å². The second-order valence-corrected chi connectivity index (χ2v) is 6.57. The minimum absolute atomic E-state index is 0.184. The lowest BCUT2D eigenvalue weighted by atomic mass is 10.1. The minimum atomic E-state index is -0.184. The molecule has 0 atom stereocenters. The number of amides is 1. The predicted octanol–water partition coefficient (Wildman–Crippen LogP) is 4.07. The van der Waals surface area contributed by atoms with Gasteiger partial charge in [0.15, 0.2) is 11.5 Å². The number of thiazole rings is 1. The Hall–Kier alpha value is -2.86. The zero-order chi connectivity index (χ0) is 18.5. The maximum Gasteiger partial charge on any atom is 0.271 e. The van der Waals surface area contributed by atoms with Gasteiger partial charge in [-0.15, -0.1) is 11.3 Å². The number of aromatic nitrogens is 1. The number of hydrogen-bond acceptors (Lipinski definition) is 5. The summed E-state index contributed by atoms with van der Waals surface area (Å²) in [5, 5.41) is 5.44. The summed E-state index contributed by atoms with van der Waals surface area (Å²) in [6.07, 6.45) is 0. The van der Waals surface area contributed by atoms with Gasteiger partial charge in [0.25, 0.3) is 5.91 Å². The number of rotatable bonds is 6.